The van der Waals surface area contributed by atoms with E-state index in [1.54, 1.807) is 0 Å². The third kappa shape index (κ3) is 2.16. The maximum Gasteiger partial charge on any atom is 0.0655 e. The van der Waals surface area contributed by atoms with Crippen LogP contribution in [-0.2, 0) is 7.05 Å². The van der Waals surface area contributed by atoms with Crippen molar-refractivity contribution >= 4 is 16.6 Å². The molecule has 1 aromatic carbocycles. The van der Waals surface area contributed by atoms with Crippen LogP contribution in [0.4, 0.5) is 5.69 Å². The molecule has 1 aliphatic carbocycles. The maximum atomic E-state index is 9.01. The standard InChI is InChI=1S/C17H21N3/c1-19-12-17(15-5-3-4-6-16(15)19)20(2)14-9-7-13(11-18)8-10-14/h3-6,12-14H,7-10H2,1-2H3. The molecule has 0 amide bonds. The van der Waals surface area contributed by atoms with Crippen LogP contribution in [0.15, 0.2) is 30.5 Å². The molecule has 0 aliphatic heterocycles. The molecule has 0 saturated heterocycles. The Morgan fingerprint density at radius 2 is 1.90 bits per heavy atom. The molecule has 3 rings (SSSR count). The lowest BCUT2D eigenvalue weighted by molar-refractivity contribution is 0.372. The normalized spacial score (nSPS) is 22.6. The van der Waals surface area contributed by atoms with Gasteiger partial charge in [-0.05, 0) is 31.7 Å². The number of para-hydroxylation sites is 1. The highest BCUT2D eigenvalue weighted by Crippen LogP contribution is 2.33. The SMILES string of the molecule is CN(c1cn(C)c2ccccc12)C1CCC(C#N)CC1. The Bertz CT molecular complexity index is 642. The van der Waals surface area contributed by atoms with Gasteiger partial charge in [0.25, 0.3) is 0 Å². The minimum Gasteiger partial charge on any atom is -0.370 e. The molecule has 2 aromatic rings. The monoisotopic (exact) mass is 267 g/mol. The van der Waals surface area contributed by atoms with Gasteiger partial charge in [0.1, 0.15) is 0 Å². The highest BCUT2D eigenvalue weighted by atomic mass is 15.2. The smallest absolute Gasteiger partial charge is 0.0655 e. The summed E-state index contributed by atoms with van der Waals surface area (Å²) in [5.74, 6) is 0.271. The van der Waals surface area contributed by atoms with E-state index in [4.69, 9.17) is 5.26 Å². The zero-order valence-electron chi connectivity index (χ0n) is 12.2. The fourth-order valence-electron chi connectivity index (χ4n) is 3.39. The van der Waals surface area contributed by atoms with Gasteiger partial charge < -0.3 is 9.47 Å². The summed E-state index contributed by atoms with van der Waals surface area (Å²) in [6, 6.07) is 11.5. The van der Waals surface area contributed by atoms with Crippen LogP contribution in [0.2, 0.25) is 0 Å². The first-order chi connectivity index (χ1) is 9.70. The van der Waals surface area contributed by atoms with Crippen LogP contribution in [0.25, 0.3) is 10.9 Å². The van der Waals surface area contributed by atoms with Crippen molar-refractivity contribution in [2.24, 2.45) is 13.0 Å². The Morgan fingerprint density at radius 3 is 2.60 bits per heavy atom. The highest BCUT2D eigenvalue weighted by Gasteiger charge is 2.25. The van der Waals surface area contributed by atoms with Gasteiger partial charge in [-0.2, -0.15) is 5.26 Å². The number of fused-ring (bicyclic) bond motifs is 1. The Labute approximate surface area is 120 Å². The molecule has 1 saturated carbocycles. The van der Waals surface area contributed by atoms with Crippen molar-refractivity contribution < 1.29 is 0 Å². The summed E-state index contributed by atoms with van der Waals surface area (Å²) in [7, 11) is 4.30. The van der Waals surface area contributed by atoms with E-state index in [9.17, 15) is 0 Å². The average molecular weight is 267 g/mol. The van der Waals surface area contributed by atoms with Gasteiger partial charge in [0.15, 0.2) is 0 Å². The van der Waals surface area contributed by atoms with E-state index < -0.39 is 0 Å². The number of nitriles is 1. The van der Waals surface area contributed by atoms with E-state index in [0.29, 0.717) is 6.04 Å². The molecule has 3 heteroatoms. The van der Waals surface area contributed by atoms with E-state index in [1.165, 1.54) is 16.6 Å². The molecule has 3 nitrogen and oxygen atoms in total. The first-order valence-electron chi connectivity index (χ1n) is 7.37. The van der Waals surface area contributed by atoms with Gasteiger partial charge >= 0.3 is 0 Å². The molecule has 0 bridgehead atoms. The van der Waals surface area contributed by atoms with Crippen molar-refractivity contribution in [1.29, 1.82) is 5.26 Å². The first-order valence-corrected chi connectivity index (χ1v) is 7.37. The summed E-state index contributed by atoms with van der Waals surface area (Å²) < 4.78 is 2.20. The van der Waals surface area contributed by atoms with Crippen molar-refractivity contribution in [2.75, 3.05) is 11.9 Å². The minimum atomic E-state index is 0.271. The lowest BCUT2D eigenvalue weighted by Crippen LogP contribution is -2.34. The Kier molecular flexibility index (Phi) is 3.40. The van der Waals surface area contributed by atoms with Crippen molar-refractivity contribution in [2.45, 2.75) is 31.7 Å². The van der Waals surface area contributed by atoms with Gasteiger partial charge in [-0.15, -0.1) is 0 Å². The zero-order chi connectivity index (χ0) is 14.1. The zero-order valence-corrected chi connectivity index (χ0v) is 12.2. The summed E-state index contributed by atoms with van der Waals surface area (Å²) in [6.07, 6.45) is 6.55. The fraction of sp³-hybridized carbons (Fsp3) is 0.471. The molecule has 0 N–H and O–H groups in total. The highest BCUT2D eigenvalue weighted by molar-refractivity contribution is 5.93. The fourth-order valence-corrected chi connectivity index (χ4v) is 3.39. The van der Waals surface area contributed by atoms with Crippen LogP contribution in [0.3, 0.4) is 0 Å². The summed E-state index contributed by atoms with van der Waals surface area (Å²) >= 11 is 0. The van der Waals surface area contributed by atoms with Gasteiger partial charge in [-0.3, -0.25) is 0 Å². The number of anilines is 1. The third-order valence-corrected chi connectivity index (χ3v) is 4.68. The van der Waals surface area contributed by atoms with Crippen molar-refractivity contribution in [3.63, 3.8) is 0 Å². The molecule has 0 unspecified atom stereocenters. The van der Waals surface area contributed by atoms with Crippen molar-refractivity contribution in [1.82, 2.24) is 4.57 Å². The van der Waals surface area contributed by atoms with E-state index >= 15 is 0 Å². The number of aromatic nitrogens is 1. The lowest BCUT2D eigenvalue weighted by Gasteiger charge is -2.34. The van der Waals surface area contributed by atoms with Crippen LogP contribution in [-0.4, -0.2) is 17.7 Å². The van der Waals surface area contributed by atoms with E-state index in [2.05, 4.69) is 60.1 Å². The summed E-state index contributed by atoms with van der Waals surface area (Å²) in [5.41, 5.74) is 2.59. The van der Waals surface area contributed by atoms with Crippen LogP contribution in [0.5, 0.6) is 0 Å². The average Bonchev–Trinajstić information content (AvgIpc) is 2.84. The largest absolute Gasteiger partial charge is 0.370 e. The predicted molar refractivity (Wildman–Crippen MR) is 82.7 cm³/mol. The topological polar surface area (TPSA) is 32.0 Å². The van der Waals surface area contributed by atoms with Crippen molar-refractivity contribution in [3.05, 3.63) is 30.5 Å². The molecule has 0 spiro atoms. The molecule has 1 aromatic heterocycles. The number of benzene rings is 1. The second-order valence-corrected chi connectivity index (χ2v) is 5.89. The molecular formula is C17H21N3. The lowest BCUT2D eigenvalue weighted by atomic mass is 9.86. The Hall–Kier alpha value is -1.95. The molecule has 0 radical (unpaired) electrons. The van der Waals surface area contributed by atoms with Gasteiger partial charge in [0.05, 0.1) is 11.8 Å². The second-order valence-electron chi connectivity index (χ2n) is 5.89. The Morgan fingerprint density at radius 1 is 1.20 bits per heavy atom. The van der Waals surface area contributed by atoms with Crippen LogP contribution < -0.4 is 4.90 Å². The summed E-state index contributed by atoms with van der Waals surface area (Å²) in [5, 5.41) is 10.3. The molecule has 1 aliphatic rings. The summed E-state index contributed by atoms with van der Waals surface area (Å²) in [6.45, 7) is 0. The Balaban J connectivity index is 1.86. The van der Waals surface area contributed by atoms with Crippen LogP contribution in [0, 0.1) is 17.2 Å². The van der Waals surface area contributed by atoms with Gasteiger partial charge in [0.2, 0.25) is 0 Å². The van der Waals surface area contributed by atoms with E-state index in [1.807, 2.05) is 0 Å². The molecule has 104 valence electrons. The van der Waals surface area contributed by atoms with Gasteiger partial charge in [-0.1, -0.05) is 18.2 Å². The number of hydrogen-bond acceptors (Lipinski definition) is 2. The molecule has 20 heavy (non-hydrogen) atoms. The maximum absolute atomic E-state index is 9.01. The minimum absolute atomic E-state index is 0.271. The molecular weight excluding hydrogens is 246 g/mol. The van der Waals surface area contributed by atoms with E-state index in [0.717, 1.165) is 25.7 Å². The van der Waals surface area contributed by atoms with Gasteiger partial charge in [-0.25, -0.2) is 0 Å². The number of nitrogens with zero attached hydrogens (tertiary/aromatic N) is 3. The first kappa shape index (κ1) is 13.1. The molecule has 1 fully saturated rings. The third-order valence-electron chi connectivity index (χ3n) is 4.68. The second kappa shape index (κ2) is 5.20. The summed E-state index contributed by atoms with van der Waals surface area (Å²) in [4.78, 5) is 2.41. The number of hydrogen-bond donors (Lipinski definition) is 0. The van der Waals surface area contributed by atoms with Crippen LogP contribution >= 0.6 is 0 Å². The quantitative estimate of drug-likeness (QED) is 0.831. The predicted octanol–water partition coefficient (Wildman–Crippen LogP) is 3.70. The molecule has 1 heterocycles. The van der Waals surface area contributed by atoms with E-state index in [-0.39, 0.29) is 5.92 Å². The number of rotatable bonds is 2. The number of aryl methyl sites for hydroxylation is 1. The molecule has 0 atom stereocenters. The van der Waals surface area contributed by atoms with Gasteiger partial charge in [0, 0.05) is 43.2 Å². The van der Waals surface area contributed by atoms with Crippen LogP contribution in [0.1, 0.15) is 25.7 Å². The van der Waals surface area contributed by atoms with Crippen molar-refractivity contribution in [3.8, 4) is 6.07 Å².